The lowest BCUT2D eigenvalue weighted by molar-refractivity contribution is -0.135. The first-order valence-electron chi connectivity index (χ1n) is 8.65. The fourth-order valence-corrected chi connectivity index (χ4v) is 3.69. The van der Waals surface area contributed by atoms with Crippen LogP contribution in [0.15, 0.2) is 34.9 Å². The van der Waals surface area contributed by atoms with Crippen LogP contribution in [0.25, 0.3) is 0 Å². The highest BCUT2D eigenvalue weighted by Crippen LogP contribution is 2.39. The number of carbonyl (C=O) groups is 1. The Bertz CT molecular complexity index is 492. The van der Waals surface area contributed by atoms with Crippen molar-refractivity contribution in [2.24, 2.45) is 17.8 Å². The highest BCUT2D eigenvalue weighted by molar-refractivity contribution is 5.91. The topological polar surface area (TPSA) is 26.3 Å². The van der Waals surface area contributed by atoms with Gasteiger partial charge in [0.25, 0.3) is 0 Å². The van der Waals surface area contributed by atoms with Gasteiger partial charge in [0.2, 0.25) is 0 Å². The van der Waals surface area contributed by atoms with Crippen molar-refractivity contribution in [3.8, 4) is 0 Å². The first-order valence-corrected chi connectivity index (χ1v) is 8.65. The monoisotopic (exact) mass is 302 g/mol. The molecule has 22 heavy (non-hydrogen) atoms. The van der Waals surface area contributed by atoms with E-state index in [9.17, 15) is 4.79 Å². The maximum absolute atomic E-state index is 12.0. The highest BCUT2D eigenvalue weighted by Gasteiger charge is 2.38. The van der Waals surface area contributed by atoms with Crippen LogP contribution in [0.5, 0.6) is 0 Å². The third-order valence-corrected chi connectivity index (χ3v) is 5.13. The van der Waals surface area contributed by atoms with Crippen LogP contribution in [0.1, 0.15) is 59.8 Å². The van der Waals surface area contributed by atoms with Crippen molar-refractivity contribution >= 4 is 5.97 Å². The molecule has 0 unspecified atom stereocenters. The smallest absolute Gasteiger partial charge is 0.334 e. The van der Waals surface area contributed by atoms with Crippen LogP contribution in [-0.2, 0) is 9.53 Å². The van der Waals surface area contributed by atoms with Crippen LogP contribution in [0.2, 0.25) is 0 Å². The van der Waals surface area contributed by atoms with Crippen LogP contribution in [-0.4, -0.2) is 12.6 Å². The Hall–Kier alpha value is -1.31. The lowest BCUT2D eigenvalue weighted by Crippen LogP contribution is -2.24. The number of hydrogen-bond acceptors (Lipinski definition) is 2. The second-order valence-corrected chi connectivity index (χ2v) is 7.19. The predicted molar refractivity (Wildman–Crippen MR) is 91.5 cm³/mol. The number of carbonyl (C=O) groups excluding carboxylic acids is 1. The van der Waals surface area contributed by atoms with Crippen LogP contribution in [0.4, 0.5) is 0 Å². The van der Waals surface area contributed by atoms with Gasteiger partial charge in [0.15, 0.2) is 0 Å². The molecule has 0 amide bonds. The minimum absolute atomic E-state index is 0.0838. The third-order valence-electron chi connectivity index (χ3n) is 5.13. The van der Waals surface area contributed by atoms with Crippen molar-refractivity contribution in [1.29, 1.82) is 0 Å². The normalized spacial score (nSPS) is 31.4. The second-order valence-electron chi connectivity index (χ2n) is 7.19. The zero-order valence-corrected chi connectivity index (χ0v) is 14.5. The minimum atomic E-state index is -0.0838. The quantitative estimate of drug-likeness (QED) is 0.526. The summed E-state index contributed by atoms with van der Waals surface area (Å²) < 4.78 is 5.36. The molecule has 1 fully saturated rings. The first kappa shape index (κ1) is 17.1. The average Bonchev–Trinajstić information content (AvgIpc) is 2.83. The Labute approximate surface area is 135 Å². The van der Waals surface area contributed by atoms with Crippen LogP contribution in [0, 0.1) is 17.8 Å². The summed E-state index contributed by atoms with van der Waals surface area (Å²) in [6, 6.07) is 0. The van der Waals surface area contributed by atoms with E-state index in [4.69, 9.17) is 4.74 Å². The summed E-state index contributed by atoms with van der Waals surface area (Å²) in [5.74, 6) is 1.38. The van der Waals surface area contributed by atoms with Crippen LogP contribution in [0.3, 0.4) is 0 Å². The zero-order valence-electron chi connectivity index (χ0n) is 14.5. The van der Waals surface area contributed by atoms with Gasteiger partial charge in [-0.2, -0.15) is 0 Å². The van der Waals surface area contributed by atoms with Gasteiger partial charge in [-0.3, -0.25) is 0 Å². The van der Waals surface area contributed by atoms with E-state index in [0.717, 1.165) is 31.3 Å². The van der Waals surface area contributed by atoms with E-state index >= 15 is 0 Å². The van der Waals surface area contributed by atoms with Crippen molar-refractivity contribution in [2.45, 2.75) is 59.8 Å². The fourth-order valence-electron chi connectivity index (χ4n) is 3.69. The Kier molecular flexibility index (Phi) is 6.05. The Morgan fingerprint density at radius 3 is 2.91 bits per heavy atom. The number of rotatable bonds is 4. The van der Waals surface area contributed by atoms with Gasteiger partial charge < -0.3 is 4.74 Å². The summed E-state index contributed by atoms with van der Waals surface area (Å²) in [5.41, 5.74) is 3.78. The van der Waals surface area contributed by atoms with E-state index < -0.39 is 0 Å². The van der Waals surface area contributed by atoms with Crippen molar-refractivity contribution in [3.63, 3.8) is 0 Å². The molecule has 0 aromatic rings. The Balaban J connectivity index is 2.13. The van der Waals surface area contributed by atoms with E-state index in [1.54, 1.807) is 0 Å². The summed E-state index contributed by atoms with van der Waals surface area (Å²) in [5, 5.41) is 0. The SMILES string of the molecule is CC(C)=CCC[C@@H](C)[C@H]1CC/C(C)=C/C/C=C2/C(=O)OC[C@@H]21. The number of allylic oxidation sites excluding steroid dienone is 5. The molecule has 3 atom stereocenters. The van der Waals surface area contributed by atoms with E-state index in [-0.39, 0.29) is 5.97 Å². The molecule has 0 spiro atoms. The Morgan fingerprint density at radius 1 is 1.41 bits per heavy atom. The molecule has 2 nitrogen and oxygen atoms in total. The molecule has 0 aromatic carbocycles. The number of cyclic esters (lactones) is 1. The third kappa shape index (κ3) is 4.34. The maximum atomic E-state index is 12.0. The molecule has 1 aliphatic heterocycles. The highest BCUT2D eigenvalue weighted by atomic mass is 16.5. The second kappa shape index (κ2) is 7.80. The van der Waals surface area contributed by atoms with Gasteiger partial charge >= 0.3 is 5.97 Å². The number of hydrogen-bond donors (Lipinski definition) is 0. The number of fused-ring (bicyclic) bond motifs is 1. The molecule has 2 heteroatoms. The average molecular weight is 302 g/mol. The van der Waals surface area contributed by atoms with Gasteiger partial charge in [-0.1, -0.05) is 36.3 Å². The molecule has 122 valence electrons. The molecular weight excluding hydrogens is 272 g/mol. The molecule has 1 aliphatic carbocycles. The molecule has 0 N–H and O–H groups in total. The molecular formula is C20H30O2. The van der Waals surface area contributed by atoms with Crippen molar-refractivity contribution in [3.05, 3.63) is 34.9 Å². The zero-order chi connectivity index (χ0) is 16.1. The van der Waals surface area contributed by atoms with Gasteiger partial charge in [-0.05, 0) is 64.7 Å². The summed E-state index contributed by atoms with van der Waals surface area (Å²) in [6.45, 7) is 9.46. The molecule has 2 aliphatic rings. The first-order chi connectivity index (χ1) is 10.5. The number of esters is 1. The maximum Gasteiger partial charge on any atom is 0.334 e. The molecule has 0 saturated carbocycles. The lowest BCUT2D eigenvalue weighted by atomic mass is 9.75. The molecule has 0 bridgehead atoms. The summed E-state index contributed by atoms with van der Waals surface area (Å²) in [7, 11) is 0. The van der Waals surface area contributed by atoms with Gasteiger partial charge in [-0.25, -0.2) is 4.79 Å². The van der Waals surface area contributed by atoms with Gasteiger partial charge in [-0.15, -0.1) is 0 Å². The van der Waals surface area contributed by atoms with Crippen LogP contribution < -0.4 is 0 Å². The van der Waals surface area contributed by atoms with E-state index in [1.807, 2.05) is 0 Å². The van der Waals surface area contributed by atoms with Gasteiger partial charge in [0.05, 0.1) is 6.61 Å². The van der Waals surface area contributed by atoms with Crippen molar-refractivity contribution in [1.82, 2.24) is 0 Å². The molecule has 1 heterocycles. The summed E-state index contributed by atoms with van der Waals surface area (Å²) >= 11 is 0. The van der Waals surface area contributed by atoms with E-state index in [1.165, 1.54) is 17.6 Å². The molecule has 2 rings (SSSR count). The largest absolute Gasteiger partial charge is 0.462 e. The minimum Gasteiger partial charge on any atom is -0.462 e. The predicted octanol–water partition coefficient (Wildman–Crippen LogP) is 5.21. The Morgan fingerprint density at radius 2 is 2.18 bits per heavy atom. The fraction of sp³-hybridized carbons (Fsp3) is 0.650. The molecule has 0 radical (unpaired) electrons. The lowest BCUT2D eigenvalue weighted by Gasteiger charge is -2.28. The van der Waals surface area contributed by atoms with Crippen LogP contribution >= 0.6 is 0 Å². The van der Waals surface area contributed by atoms with E-state index in [2.05, 4.69) is 45.9 Å². The van der Waals surface area contributed by atoms with Crippen molar-refractivity contribution < 1.29 is 9.53 Å². The molecule has 1 saturated heterocycles. The van der Waals surface area contributed by atoms with Gasteiger partial charge in [0.1, 0.15) is 0 Å². The summed E-state index contributed by atoms with van der Waals surface area (Å²) in [4.78, 5) is 12.0. The van der Waals surface area contributed by atoms with Crippen molar-refractivity contribution in [2.75, 3.05) is 6.61 Å². The summed E-state index contributed by atoms with van der Waals surface area (Å²) in [6.07, 6.45) is 12.2. The standard InChI is InChI=1S/C20H30O2/c1-14(2)7-5-9-16(4)17-12-11-15(3)8-6-10-18-19(17)13-22-20(18)21/h7-8,10,16-17,19H,5-6,9,11-13H2,1-4H3/b15-8+,18-10+/t16-,17-,19-/m1/s1. The number of ether oxygens (including phenoxy) is 1. The van der Waals surface area contributed by atoms with E-state index in [0.29, 0.717) is 24.4 Å². The molecule has 0 aromatic heterocycles. The van der Waals surface area contributed by atoms with Gasteiger partial charge in [0, 0.05) is 11.5 Å².